The molecule has 37 heavy (non-hydrogen) atoms. The molecule has 0 atom stereocenters. The van der Waals surface area contributed by atoms with Crippen LogP contribution in [0.5, 0.6) is 17.2 Å². The van der Waals surface area contributed by atoms with Crippen LogP contribution in [0.2, 0.25) is 10.0 Å². The van der Waals surface area contributed by atoms with Gasteiger partial charge in [0.2, 0.25) is 0 Å². The van der Waals surface area contributed by atoms with Crippen molar-refractivity contribution in [3.05, 3.63) is 92.6 Å². The predicted molar refractivity (Wildman–Crippen MR) is 143 cm³/mol. The van der Waals surface area contributed by atoms with Gasteiger partial charge < -0.3 is 14.2 Å². The van der Waals surface area contributed by atoms with E-state index in [0.29, 0.717) is 34.4 Å². The molecule has 1 heterocycles. The highest BCUT2D eigenvalue weighted by atomic mass is 35.5. The molecule has 0 unspecified atom stereocenters. The minimum atomic E-state index is -0.462. The zero-order chi connectivity index (χ0) is 26.4. The lowest BCUT2D eigenvalue weighted by Crippen LogP contribution is -2.32. The molecular formula is C27H22Cl2FNO5S. The summed E-state index contributed by atoms with van der Waals surface area (Å²) >= 11 is 12.8. The summed E-state index contributed by atoms with van der Waals surface area (Å²) in [6.07, 6.45) is 1.62. The normalized spacial score (nSPS) is 14.4. The van der Waals surface area contributed by atoms with E-state index in [-0.39, 0.29) is 40.5 Å². The summed E-state index contributed by atoms with van der Waals surface area (Å²) in [5.41, 5.74) is 0.882. The fraction of sp³-hybridized carbons (Fsp3) is 0.185. The molecule has 1 fully saturated rings. The highest BCUT2D eigenvalue weighted by molar-refractivity contribution is 8.18. The third kappa shape index (κ3) is 6.77. The first kappa shape index (κ1) is 26.9. The van der Waals surface area contributed by atoms with Crippen LogP contribution in [-0.4, -0.2) is 35.8 Å². The quantitative estimate of drug-likeness (QED) is 0.243. The summed E-state index contributed by atoms with van der Waals surface area (Å²) in [5, 5.41) is 0.483. The average Bonchev–Trinajstić information content (AvgIpc) is 3.13. The smallest absolute Gasteiger partial charge is 0.293 e. The molecule has 3 aromatic rings. The van der Waals surface area contributed by atoms with Gasteiger partial charge in [-0.3, -0.25) is 14.5 Å². The number of rotatable bonds is 10. The molecule has 192 valence electrons. The summed E-state index contributed by atoms with van der Waals surface area (Å²) < 4.78 is 31.2. The van der Waals surface area contributed by atoms with Crippen molar-refractivity contribution in [1.82, 2.24) is 4.90 Å². The van der Waals surface area contributed by atoms with Crippen molar-refractivity contribution in [2.75, 3.05) is 19.8 Å². The third-order valence-corrected chi connectivity index (χ3v) is 6.78. The van der Waals surface area contributed by atoms with Gasteiger partial charge in [0.25, 0.3) is 11.1 Å². The van der Waals surface area contributed by atoms with Crippen LogP contribution in [0.25, 0.3) is 6.08 Å². The number of benzene rings is 3. The number of hydrogen-bond acceptors (Lipinski definition) is 6. The Morgan fingerprint density at radius 2 is 1.76 bits per heavy atom. The molecule has 1 saturated heterocycles. The molecule has 0 saturated carbocycles. The predicted octanol–water partition coefficient (Wildman–Crippen LogP) is 7.23. The highest BCUT2D eigenvalue weighted by Crippen LogP contribution is 2.35. The molecule has 0 aromatic heterocycles. The summed E-state index contributed by atoms with van der Waals surface area (Å²) in [6, 6.07) is 16.3. The zero-order valence-electron chi connectivity index (χ0n) is 19.7. The van der Waals surface area contributed by atoms with Crippen LogP contribution in [0.15, 0.2) is 65.6 Å². The van der Waals surface area contributed by atoms with Crippen molar-refractivity contribution < 1.29 is 28.2 Å². The Morgan fingerprint density at radius 1 is 0.973 bits per heavy atom. The Bertz CT molecular complexity index is 1310. The first-order valence-corrected chi connectivity index (χ1v) is 12.9. The van der Waals surface area contributed by atoms with Gasteiger partial charge in [0.05, 0.1) is 23.1 Å². The fourth-order valence-electron chi connectivity index (χ4n) is 3.45. The lowest BCUT2D eigenvalue weighted by molar-refractivity contribution is -0.123. The first-order valence-electron chi connectivity index (χ1n) is 11.3. The van der Waals surface area contributed by atoms with Gasteiger partial charge in [-0.05, 0) is 78.9 Å². The molecule has 0 N–H and O–H groups in total. The Hall–Kier alpha value is -3.20. The summed E-state index contributed by atoms with van der Waals surface area (Å²) in [6.45, 7) is 2.37. The third-order valence-electron chi connectivity index (χ3n) is 5.27. The van der Waals surface area contributed by atoms with Crippen molar-refractivity contribution >= 4 is 52.2 Å². The second-order valence-electron chi connectivity index (χ2n) is 7.76. The fourth-order valence-corrected chi connectivity index (χ4v) is 4.66. The van der Waals surface area contributed by atoms with Gasteiger partial charge in [-0.15, -0.1) is 0 Å². The van der Waals surface area contributed by atoms with Crippen molar-refractivity contribution in [1.29, 1.82) is 0 Å². The molecule has 6 nitrogen and oxygen atoms in total. The number of amides is 2. The van der Waals surface area contributed by atoms with Gasteiger partial charge in [-0.2, -0.15) is 0 Å². The molecule has 1 aliphatic heterocycles. The minimum absolute atomic E-state index is 0.0814. The van der Waals surface area contributed by atoms with Crippen LogP contribution >= 0.6 is 35.0 Å². The number of halogens is 3. The van der Waals surface area contributed by atoms with Gasteiger partial charge in [0.1, 0.15) is 24.8 Å². The summed E-state index contributed by atoms with van der Waals surface area (Å²) in [5.74, 6) is 0.540. The Kier molecular flexibility index (Phi) is 8.97. The maximum Gasteiger partial charge on any atom is 0.293 e. The molecule has 0 aliphatic carbocycles. The lowest BCUT2D eigenvalue weighted by Gasteiger charge is -2.14. The zero-order valence-corrected chi connectivity index (χ0v) is 22.0. The van der Waals surface area contributed by atoms with Crippen LogP contribution in [0.4, 0.5) is 9.18 Å². The molecule has 3 aromatic carbocycles. The van der Waals surface area contributed by atoms with E-state index < -0.39 is 11.7 Å². The van der Waals surface area contributed by atoms with E-state index in [1.807, 2.05) is 6.92 Å². The Morgan fingerprint density at radius 3 is 2.49 bits per heavy atom. The topological polar surface area (TPSA) is 65.1 Å². The van der Waals surface area contributed by atoms with Crippen molar-refractivity contribution in [2.24, 2.45) is 0 Å². The van der Waals surface area contributed by atoms with E-state index >= 15 is 0 Å². The Labute approximate surface area is 227 Å². The van der Waals surface area contributed by atoms with E-state index in [9.17, 15) is 14.0 Å². The van der Waals surface area contributed by atoms with E-state index in [4.69, 9.17) is 37.4 Å². The van der Waals surface area contributed by atoms with Crippen molar-refractivity contribution in [3.63, 3.8) is 0 Å². The number of imide groups is 1. The van der Waals surface area contributed by atoms with Crippen molar-refractivity contribution in [2.45, 2.75) is 13.5 Å². The van der Waals surface area contributed by atoms with Crippen LogP contribution in [-0.2, 0) is 11.4 Å². The van der Waals surface area contributed by atoms with Gasteiger partial charge in [-0.25, -0.2) is 4.39 Å². The van der Waals surface area contributed by atoms with Gasteiger partial charge in [0.15, 0.2) is 11.5 Å². The number of carbonyl (C=O) groups is 2. The second kappa shape index (κ2) is 12.4. The largest absolute Gasteiger partial charge is 0.492 e. The number of thioether (sulfide) groups is 1. The summed E-state index contributed by atoms with van der Waals surface area (Å²) in [4.78, 5) is 26.7. The van der Waals surface area contributed by atoms with Gasteiger partial charge >= 0.3 is 0 Å². The van der Waals surface area contributed by atoms with Crippen LogP contribution < -0.4 is 14.2 Å². The number of carbonyl (C=O) groups excluding carboxylic acids is 2. The summed E-state index contributed by atoms with van der Waals surface area (Å²) in [7, 11) is 0. The van der Waals surface area contributed by atoms with E-state index in [0.717, 1.165) is 16.7 Å². The molecular weight excluding hydrogens is 540 g/mol. The molecule has 0 spiro atoms. The Balaban J connectivity index is 1.43. The highest BCUT2D eigenvalue weighted by Gasteiger charge is 2.34. The maximum absolute atomic E-state index is 14.1. The van der Waals surface area contributed by atoms with Crippen LogP contribution in [0, 0.1) is 5.82 Å². The SMILES string of the molecule is CCOc1cc(/C=C2\SC(=O)N(CCOc3ccc(Cl)cc3)C2=O)ccc1OCc1c(F)cccc1Cl. The molecule has 10 heteroatoms. The molecule has 4 rings (SSSR count). The molecule has 0 bridgehead atoms. The second-order valence-corrected chi connectivity index (χ2v) is 9.60. The monoisotopic (exact) mass is 561 g/mol. The minimum Gasteiger partial charge on any atom is -0.492 e. The van der Waals surface area contributed by atoms with Crippen LogP contribution in [0.1, 0.15) is 18.1 Å². The van der Waals surface area contributed by atoms with Gasteiger partial charge in [0, 0.05) is 10.6 Å². The average molecular weight is 562 g/mol. The molecule has 0 radical (unpaired) electrons. The van der Waals surface area contributed by atoms with E-state index in [2.05, 4.69) is 0 Å². The van der Waals surface area contributed by atoms with Crippen molar-refractivity contribution in [3.8, 4) is 17.2 Å². The molecule has 1 aliphatic rings. The van der Waals surface area contributed by atoms with E-state index in [1.165, 1.54) is 12.1 Å². The number of hydrogen-bond donors (Lipinski definition) is 0. The number of nitrogens with zero attached hydrogens (tertiary/aromatic N) is 1. The van der Waals surface area contributed by atoms with E-state index in [1.54, 1.807) is 54.6 Å². The molecule has 2 amide bonds. The van der Waals surface area contributed by atoms with Crippen LogP contribution in [0.3, 0.4) is 0 Å². The maximum atomic E-state index is 14.1. The first-order chi connectivity index (χ1) is 17.9. The lowest BCUT2D eigenvalue weighted by atomic mass is 10.1. The number of ether oxygens (including phenoxy) is 3. The van der Waals surface area contributed by atoms with Gasteiger partial charge in [-0.1, -0.05) is 35.3 Å². The standard InChI is InChI=1S/C27H22Cl2FNO5S/c1-2-34-24-14-17(6-11-23(24)36-16-20-21(29)4-3-5-22(20)30)15-25-26(32)31(27(33)37-25)12-13-35-19-9-7-18(28)8-10-19/h3-11,14-15H,2,12-13,16H2,1H3/b25-15-.